The largest absolute Gasteiger partial charge is 0.508 e. The lowest BCUT2D eigenvalue weighted by atomic mass is 10.1. The molecule has 0 bridgehead atoms. The number of amides is 1. The van der Waals surface area contributed by atoms with Crippen molar-refractivity contribution in [1.82, 2.24) is 5.43 Å². The molecule has 0 fully saturated rings. The second kappa shape index (κ2) is 8.67. The zero-order chi connectivity index (χ0) is 19.1. The Kier molecular flexibility index (Phi) is 5.84. The third-order valence-electron chi connectivity index (χ3n) is 3.90. The Labute approximate surface area is 157 Å². The fourth-order valence-corrected chi connectivity index (χ4v) is 2.52. The molecule has 0 radical (unpaired) electrons. The van der Waals surface area contributed by atoms with E-state index in [4.69, 9.17) is 4.74 Å². The maximum Gasteiger partial charge on any atom is 0.271 e. The van der Waals surface area contributed by atoms with E-state index in [1.807, 2.05) is 49.4 Å². The van der Waals surface area contributed by atoms with E-state index in [-0.39, 0.29) is 11.7 Å². The van der Waals surface area contributed by atoms with E-state index in [2.05, 4.69) is 16.6 Å². The van der Waals surface area contributed by atoms with Crippen molar-refractivity contribution in [2.75, 3.05) is 0 Å². The summed E-state index contributed by atoms with van der Waals surface area (Å²) >= 11 is 0. The monoisotopic (exact) mass is 360 g/mol. The molecule has 1 amide bonds. The molecule has 27 heavy (non-hydrogen) atoms. The van der Waals surface area contributed by atoms with Gasteiger partial charge in [-0.15, -0.1) is 0 Å². The van der Waals surface area contributed by atoms with Gasteiger partial charge in [-0.25, -0.2) is 5.43 Å². The van der Waals surface area contributed by atoms with Gasteiger partial charge in [0.25, 0.3) is 5.91 Å². The van der Waals surface area contributed by atoms with Crippen LogP contribution in [0.3, 0.4) is 0 Å². The molecule has 0 heterocycles. The van der Waals surface area contributed by atoms with Crippen LogP contribution in [0.25, 0.3) is 0 Å². The number of hydrogen-bond donors (Lipinski definition) is 2. The molecule has 0 aliphatic heterocycles. The first-order chi connectivity index (χ1) is 13.1. The summed E-state index contributed by atoms with van der Waals surface area (Å²) in [6.45, 7) is 2.49. The Morgan fingerprint density at radius 2 is 1.85 bits per heavy atom. The van der Waals surface area contributed by atoms with Crippen LogP contribution < -0.4 is 10.2 Å². The Bertz CT molecular complexity index is 950. The van der Waals surface area contributed by atoms with Gasteiger partial charge < -0.3 is 9.84 Å². The maximum atomic E-state index is 12.0. The number of rotatable bonds is 6. The molecule has 0 aromatic heterocycles. The highest BCUT2D eigenvalue weighted by Gasteiger charge is 2.05. The smallest absolute Gasteiger partial charge is 0.271 e. The number of phenolic OH excluding ortho intramolecular Hbond substituents is 1. The highest BCUT2D eigenvalue weighted by atomic mass is 16.5. The van der Waals surface area contributed by atoms with Crippen molar-refractivity contribution < 1.29 is 14.6 Å². The fourth-order valence-electron chi connectivity index (χ4n) is 2.52. The SMILES string of the molecule is Cc1cccc(COc2ccccc2/C=N/NC(=O)c2ccc(O)cc2)c1. The van der Waals surface area contributed by atoms with Crippen molar-refractivity contribution in [3.05, 3.63) is 95.1 Å². The van der Waals surface area contributed by atoms with E-state index < -0.39 is 0 Å². The summed E-state index contributed by atoms with van der Waals surface area (Å²) in [4.78, 5) is 12.0. The van der Waals surface area contributed by atoms with E-state index in [9.17, 15) is 9.90 Å². The van der Waals surface area contributed by atoms with Gasteiger partial charge >= 0.3 is 0 Å². The molecule has 3 aromatic carbocycles. The van der Waals surface area contributed by atoms with Gasteiger partial charge in [0, 0.05) is 11.1 Å². The summed E-state index contributed by atoms with van der Waals surface area (Å²) < 4.78 is 5.90. The average molecular weight is 360 g/mol. The second-order valence-electron chi connectivity index (χ2n) is 6.06. The van der Waals surface area contributed by atoms with Crippen molar-refractivity contribution in [2.45, 2.75) is 13.5 Å². The Hall–Kier alpha value is -3.60. The first-order valence-electron chi connectivity index (χ1n) is 8.51. The molecule has 3 aromatic rings. The van der Waals surface area contributed by atoms with Crippen molar-refractivity contribution in [3.8, 4) is 11.5 Å². The average Bonchev–Trinajstić information content (AvgIpc) is 2.68. The van der Waals surface area contributed by atoms with Crippen LogP contribution in [0.15, 0.2) is 77.9 Å². The molecule has 2 N–H and O–H groups in total. The molecule has 0 unspecified atom stereocenters. The minimum absolute atomic E-state index is 0.106. The maximum absolute atomic E-state index is 12.0. The van der Waals surface area contributed by atoms with Crippen LogP contribution in [-0.2, 0) is 6.61 Å². The van der Waals surface area contributed by atoms with Gasteiger partial charge in [0.05, 0.1) is 6.21 Å². The molecule has 0 atom stereocenters. The van der Waals surface area contributed by atoms with Crippen molar-refractivity contribution in [2.24, 2.45) is 5.10 Å². The molecule has 0 saturated carbocycles. The lowest BCUT2D eigenvalue weighted by molar-refractivity contribution is 0.0955. The lowest BCUT2D eigenvalue weighted by Gasteiger charge is -2.09. The number of hydrogen-bond acceptors (Lipinski definition) is 4. The predicted molar refractivity (Wildman–Crippen MR) is 105 cm³/mol. The first-order valence-corrected chi connectivity index (χ1v) is 8.51. The number of para-hydroxylation sites is 1. The number of nitrogens with one attached hydrogen (secondary N) is 1. The Morgan fingerprint density at radius 1 is 1.07 bits per heavy atom. The van der Waals surface area contributed by atoms with Crippen molar-refractivity contribution in [3.63, 3.8) is 0 Å². The number of aromatic hydroxyl groups is 1. The summed E-state index contributed by atoms with van der Waals surface area (Å²) in [5, 5.41) is 13.3. The number of carbonyl (C=O) groups is 1. The minimum atomic E-state index is -0.357. The van der Waals surface area contributed by atoms with Gasteiger partial charge in [-0.3, -0.25) is 4.79 Å². The minimum Gasteiger partial charge on any atom is -0.508 e. The van der Waals surface area contributed by atoms with Crippen LogP contribution in [0, 0.1) is 6.92 Å². The van der Waals surface area contributed by atoms with Crippen LogP contribution in [0.2, 0.25) is 0 Å². The first kappa shape index (κ1) is 18.2. The molecular formula is C22H20N2O3. The summed E-state index contributed by atoms with van der Waals surface area (Å²) in [6, 6.07) is 21.6. The van der Waals surface area contributed by atoms with Gasteiger partial charge in [0.1, 0.15) is 18.1 Å². The highest BCUT2D eigenvalue weighted by Crippen LogP contribution is 2.18. The Morgan fingerprint density at radius 3 is 2.63 bits per heavy atom. The zero-order valence-corrected chi connectivity index (χ0v) is 14.9. The van der Waals surface area contributed by atoms with Gasteiger partial charge in [-0.2, -0.15) is 5.10 Å². The number of carbonyl (C=O) groups excluding carboxylic acids is 1. The predicted octanol–water partition coefficient (Wildman–Crippen LogP) is 4.04. The molecule has 136 valence electrons. The topological polar surface area (TPSA) is 70.9 Å². The molecule has 5 nitrogen and oxygen atoms in total. The zero-order valence-electron chi connectivity index (χ0n) is 14.9. The third-order valence-corrected chi connectivity index (χ3v) is 3.90. The van der Waals surface area contributed by atoms with Crippen LogP contribution >= 0.6 is 0 Å². The van der Waals surface area contributed by atoms with E-state index in [0.29, 0.717) is 17.9 Å². The van der Waals surface area contributed by atoms with Gasteiger partial charge in [0.2, 0.25) is 0 Å². The van der Waals surface area contributed by atoms with Gasteiger partial charge in [-0.05, 0) is 48.9 Å². The molecule has 0 spiro atoms. The number of aryl methyl sites for hydroxylation is 1. The summed E-state index contributed by atoms with van der Waals surface area (Å²) in [7, 11) is 0. The fraction of sp³-hybridized carbons (Fsp3) is 0.0909. The normalized spacial score (nSPS) is 10.7. The second-order valence-corrected chi connectivity index (χ2v) is 6.06. The van der Waals surface area contributed by atoms with Crippen LogP contribution in [0.4, 0.5) is 0 Å². The highest BCUT2D eigenvalue weighted by molar-refractivity contribution is 5.95. The number of benzene rings is 3. The summed E-state index contributed by atoms with van der Waals surface area (Å²) in [5.41, 5.74) is 5.91. The van der Waals surface area contributed by atoms with E-state index in [1.165, 1.54) is 29.8 Å². The van der Waals surface area contributed by atoms with Gasteiger partial charge in [-0.1, -0.05) is 42.0 Å². The molecule has 0 saturated heterocycles. The molecule has 3 rings (SSSR count). The van der Waals surface area contributed by atoms with Gasteiger partial charge in [0.15, 0.2) is 0 Å². The van der Waals surface area contributed by atoms with Crippen LogP contribution in [0.5, 0.6) is 11.5 Å². The quantitative estimate of drug-likeness (QED) is 0.515. The van der Waals surface area contributed by atoms with E-state index in [1.54, 1.807) is 6.21 Å². The van der Waals surface area contributed by atoms with E-state index >= 15 is 0 Å². The van der Waals surface area contributed by atoms with Crippen molar-refractivity contribution >= 4 is 12.1 Å². The standard InChI is InChI=1S/C22H20N2O3/c1-16-5-4-6-17(13-16)15-27-21-8-3-2-7-19(21)14-23-24-22(26)18-9-11-20(25)12-10-18/h2-14,25H,15H2,1H3,(H,24,26)/b23-14+. The van der Waals surface area contributed by atoms with Crippen LogP contribution in [0.1, 0.15) is 27.0 Å². The molecule has 0 aliphatic rings. The summed E-state index contributed by atoms with van der Waals surface area (Å²) in [5.74, 6) is 0.431. The third kappa shape index (κ3) is 5.19. The number of nitrogens with zero attached hydrogens (tertiary/aromatic N) is 1. The number of phenols is 1. The Balaban J connectivity index is 1.64. The number of hydrazone groups is 1. The summed E-state index contributed by atoms with van der Waals surface area (Å²) in [6.07, 6.45) is 1.55. The molecule has 5 heteroatoms. The van der Waals surface area contributed by atoms with Crippen molar-refractivity contribution in [1.29, 1.82) is 0 Å². The molecular weight excluding hydrogens is 340 g/mol. The van der Waals surface area contributed by atoms with E-state index in [0.717, 1.165) is 11.1 Å². The van der Waals surface area contributed by atoms with Crippen LogP contribution in [-0.4, -0.2) is 17.2 Å². The molecule has 0 aliphatic carbocycles. The lowest BCUT2D eigenvalue weighted by Crippen LogP contribution is -2.17. The number of ether oxygens (including phenoxy) is 1.